The number of guanidine groups is 1. The zero-order chi connectivity index (χ0) is 25.7. The molecule has 10 N–H and O–H groups in total. The number of carboxylic acids is 1. The molecule has 34 heavy (non-hydrogen) atoms. The molecule has 0 aliphatic carbocycles. The van der Waals surface area contributed by atoms with Crippen molar-refractivity contribution in [3.05, 3.63) is 35.9 Å². The van der Waals surface area contributed by atoms with Crippen LogP contribution in [-0.4, -0.2) is 66.0 Å². The standard InChI is InChI=1S/C22H35N7O5/c1-13(2)18(23)20(32)27-12-17(30)28-15(9-6-10-26-22(24)25)19(31)29-16(21(33)34)11-14-7-4-3-5-8-14/h3-5,7-8,13,15-16,18H,6,9-12,23H2,1-2H3,(H,27,32)(H,28,30)(H,29,31)(H,33,34)(H4,24,25,26). The second-order valence-corrected chi connectivity index (χ2v) is 8.15. The number of nitrogens with two attached hydrogens (primary N) is 3. The quantitative estimate of drug-likeness (QED) is 0.0942. The number of amides is 3. The summed E-state index contributed by atoms with van der Waals surface area (Å²) in [7, 11) is 0. The fourth-order valence-electron chi connectivity index (χ4n) is 2.93. The van der Waals surface area contributed by atoms with E-state index >= 15 is 0 Å². The van der Waals surface area contributed by atoms with Gasteiger partial charge in [-0.1, -0.05) is 44.2 Å². The highest BCUT2D eigenvalue weighted by Gasteiger charge is 2.27. The minimum atomic E-state index is -1.21. The SMILES string of the molecule is CC(C)C(N)C(=O)NCC(=O)NC(CCCN=C(N)N)C(=O)NC(Cc1ccccc1)C(=O)O. The number of aliphatic imine (C=N–C) groups is 1. The lowest BCUT2D eigenvalue weighted by Gasteiger charge is -2.22. The molecule has 0 radical (unpaired) electrons. The first-order valence-corrected chi connectivity index (χ1v) is 11.0. The summed E-state index contributed by atoms with van der Waals surface area (Å²) in [6.07, 6.45) is 0.558. The van der Waals surface area contributed by atoms with Crippen LogP contribution in [0.2, 0.25) is 0 Å². The average molecular weight is 478 g/mol. The number of carboxylic acid groups (broad SMARTS) is 1. The van der Waals surface area contributed by atoms with Crippen molar-refractivity contribution in [3.8, 4) is 0 Å². The Morgan fingerprint density at radius 2 is 1.65 bits per heavy atom. The number of hydrogen-bond acceptors (Lipinski definition) is 6. The molecular weight excluding hydrogens is 442 g/mol. The predicted molar refractivity (Wildman–Crippen MR) is 127 cm³/mol. The molecule has 0 aliphatic heterocycles. The Morgan fingerprint density at radius 3 is 2.21 bits per heavy atom. The van der Waals surface area contributed by atoms with Crippen LogP contribution in [-0.2, 0) is 25.6 Å². The first kappa shape index (κ1) is 28.4. The third-order valence-corrected chi connectivity index (χ3v) is 4.94. The molecule has 3 unspecified atom stereocenters. The highest BCUT2D eigenvalue weighted by atomic mass is 16.4. The van der Waals surface area contributed by atoms with Crippen molar-refractivity contribution in [1.82, 2.24) is 16.0 Å². The summed E-state index contributed by atoms with van der Waals surface area (Å²) in [5, 5.41) is 17.0. The van der Waals surface area contributed by atoms with Crippen molar-refractivity contribution in [1.29, 1.82) is 0 Å². The van der Waals surface area contributed by atoms with E-state index in [1.807, 2.05) is 0 Å². The number of benzene rings is 1. The smallest absolute Gasteiger partial charge is 0.326 e. The van der Waals surface area contributed by atoms with Gasteiger partial charge >= 0.3 is 5.97 Å². The molecule has 188 valence electrons. The topological polar surface area (TPSA) is 215 Å². The number of rotatable bonds is 14. The number of nitrogens with zero attached hydrogens (tertiary/aromatic N) is 1. The normalized spacial score (nSPS) is 13.3. The molecule has 0 aromatic heterocycles. The van der Waals surface area contributed by atoms with Gasteiger partial charge in [-0.05, 0) is 24.3 Å². The Bertz CT molecular complexity index is 856. The van der Waals surface area contributed by atoms with E-state index in [4.69, 9.17) is 17.2 Å². The molecule has 0 saturated carbocycles. The van der Waals surface area contributed by atoms with Gasteiger partial charge in [0.2, 0.25) is 17.7 Å². The maximum Gasteiger partial charge on any atom is 0.326 e. The number of hydrogen-bond donors (Lipinski definition) is 7. The van der Waals surface area contributed by atoms with Crippen molar-refractivity contribution in [2.24, 2.45) is 28.1 Å². The molecule has 0 bridgehead atoms. The van der Waals surface area contributed by atoms with Crippen LogP contribution in [0.15, 0.2) is 35.3 Å². The van der Waals surface area contributed by atoms with E-state index in [1.165, 1.54) is 0 Å². The Hall–Kier alpha value is -3.67. The minimum Gasteiger partial charge on any atom is -0.480 e. The van der Waals surface area contributed by atoms with Gasteiger partial charge in [0, 0.05) is 13.0 Å². The zero-order valence-electron chi connectivity index (χ0n) is 19.5. The summed E-state index contributed by atoms with van der Waals surface area (Å²) >= 11 is 0. The minimum absolute atomic E-state index is 0.0692. The second-order valence-electron chi connectivity index (χ2n) is 8.15. The lowest BCUT2D eigenvalue weighted by molar-refractivity contribution is -0.142. The van der Waals surface area contributed by atoms with Gasteiger partial charge in [0.1, 0.15) is 12.1 Å². The van der Waals surface area contributed by atoms with Gasteiger partial charge in [0.05, 0.1) is 12.6 Å². The third-order valence-electron chi connectivity index (χ3n) is 4.94. The highest BCUT2D eigenvalue weighted by Crippen LogP contribution is 2.06. The van der Waals surface area contributed by atoms with E-state index in [2.05, 4.69) is 20.9 Å². The molecule has 0 saturated heterocycles. The van der Waals surface area contributed by atoms with Gasteiger partial charge in [-0.25, -0.2) is 4.79 Å². The van der Waals surface area contributed by atoms with E-state index < -0.39 is 41.8 Å². The Balaban J connectivity index is 2.82. The molecule has 1 aromatic rings. The van der Waals surface area contributed by atoms with E-state index in [-0.39, 0.29) is 37.8 Å². The maximum atomic E-state index is 12.9. The summed E-state index contributed by atoms with van der Waals surface area (Å²) in [4.78, 5) is 52.8. The van der Waals surface area contributed by atoms with Crippen LogP contribution in [0, 0.1) is 5.92 Å². The first-order chi connectivity index (χ1) is 16.0. The van der Waals surface area contributed by atoms with E-state index in [9.17, 15) is 24.3 Å². The van der Waals surface area contributed by atoms with Crippen LogP contribution < -0.4 is 33.2 Å². The summed E-state index contributed by atoms with van der Waals surface area (Å²) in [5.74, 6) is -3.23. The lowest BCUT2D eigenvalue weighted by atomic mass is 10.0. The average Bonchev–Trinajstić information content (AvgIpc) is 2.78. The zero-order valence-corrected chi connectivity index (χ0v) is 19.5. The molecule has 3 atom stereocenters. The van der Waals surface area contributed by atoms with Crippen molar-refractivity contribution >= 4 is 29.7 Å². The summed E-state index contributed by atoms with van der Waals surface area (Å²) in [6, 6.07) is 5.80. The molecule has 0 heterocycles. The van der Waals surface area contributed by atoms with Gasteiger partial charge in [-0.2, -0.15) is 0 Å². The predicted octanol–water partition coefficient (Wildman–Crippen LogP) is -1.56. The van der Waals surface area contributed by atoms with Crippen molar-refractivity contribution in [2.45, 2.75) is 51.2 Å². The van der Waals surface area contributed by atoms with Crippen LogP contribution in [0.3, 0.4) is 0 Å². The number of carbonyl (C=O) groups excluding carboxylic acids is 3. The number of aliphatic carboxylic acids is 1. The van der Waals surface area contributed by atoms with Gasteiger partial charge in [-0.15, -0.1) is 0 Å². The molecule has 12 heteroatoms. The number of nitrogens with one attached hydrogen (secondary N) is 3. The third kappa shape index (κ3) is 10.8. The van der Waals surface area contributed by atoms with Gasteiger partial charge in [-0.3, -0.25) is 19.4 Å². The van der Waals surface area contributed by atoms with Crippen molar-refractivity contribution in [2.75, 3.05) is 13.1 Å². The van der Waals surface area contributed by atoms with Crippen LogP contribution >= 0.6 is 0 Å². The second kappa shape index (κ2) is 14.5. The van der Waals surface area contributed by atoms with Crippen molar-refractivity contribution < 1.29 is 24.3 Å². The molecule has 0 fully saturated rings. The Morgan fingerprint density at radius 1 is 1.00 bits per heavy atom. The van der Waals surface area contributed by atoms with Crippen molar-refractivity contribution in [3.63, 3.8) is 0 Å². The van der Waals surface area contributed by atoms with E-state index in [0.29, 0.717) is 6.42 Å². The van der Waals surface area contributed by atoms with E-state index in [0.717, 1.165) is 5.56 Å². The summed E-state index contributed by atoms with van der Waals surface area (Å²) in [5.41, 5.74) is 17.1. The Labute approximate surface area is 198 Å². The van der Waals surface area contributed by atoms with Crippen LogP contribution in [0.25, 0.3) is 0 Å². The first-order valence-electron chi connectivity index (χ1n) is 11.0. The largest absolute Gasteiger partial charge is 0.480 e. The lowest BCUT2D eigenvalue weighted by Crippen LogP contribution is -2.54. The summed E-state index contributed by atoms with van der Waals surface area (Å²) < 4.78 is 0. The molecule has 1 aromatic carbocycles. The molecule has 3 amide bonds. The highest BCUT2D eigenvalue weighted by molar-refractivity contribution is 5.92. The molecule has 1 rings (SSSR count). The summed E-state index contributed by atoms with van der Waals surface area (Å²) in [6.45, 7) is 3.38. The molecular formula is C22H35N7O5. The van der Waals surface area contributed by atoms with Crippen LogP contribution in [0.1, 0.15) is 32.3 Å². The van der Waals surface area contributed by atoms with Gasteiger partial charge in [0.15, 0.2) is 5.96 Å². The van der Waals surface area contributed by atoms with Gasteiger partial charge in [0.25, 0.3) is 0 Å². The monoisotopic (exact) mass is 477 g/mol. The van der Waals surface area contributed by atoms with Crippen LogP contribution in [0.5, 0.6) is 0 Å². The molecule has 0 spiro atoms. The molecule has 12 nitrogen and oxygen atoms in total. The fourth-order valence-corrected chi connectivity index (χ4v) is 2.93. The maximum absolute atomic E-state index is 12.9. The number of carbonyl (C=O) groups is 4. The fraction of sp³-hybridized carbons (Fsp3) is 0.500. The van der Waals surface area contributed by atoms with Crippen LogP contribution in [0.4, 0.5) is 0 Å². The Kier molecular flexibility index (Phi) is 12.1. The van der Waals surface area contributed by atoms with E-state index in [1.54, 1.807) is 44.2 Å². The molecule has 0 aliphatic rings. The van der Waals surface area contributed by atoms with Gasteiger partial charge < -0.3 is 38.3 Å².